The Hall–Kier alpha value is -7.75. The number of nitrogens with one attached hydrogen (secondary N) is 2. The molecule has 0 bridgehead atoms. The molecule has 0 aromatic heterocycles. The molecular formula is C56H50N4O4S. The van der Waals surface area contributed by atoms with Crippen LogP contribution in [0.1, 0.15) is 49.9 Å². The highest BCUT2D eigenvalue weighted by Crippen LogP contribution is 2.36. The molecule has 324 valence electrons. The Labute approximate surface area is 381 Å². The van der Waals surface area contributed by atoms with Gasteiger partial charge in [-0.2, -0.15) is 0 Å². The van der Waals surface area contributed by atoms with Crippen LogP contribution < -0.4 is 20.1 Å². The van der Waals surface area contributed by atoms with Crippen molar-refractivity contribution in [2.24, 2.45) is 9.98 Å². The van der Waals surface area contributed by atoms with Gasteiger partial charge >= 0.3 is 0 Å². The van der Waals surface area contributed by atoms with Gasteiger partial charge in [-0.3, -0.25) is 0 Å². The normalized spacial score (nSPS) is 12.0. The first-order valence-corrected chi connectivity index (χ1v) is 22.8. The molecule has 8 rings (SSSR count). The van der Waals surface area contributed by atoms with Crippen LogP contribution in [0.4, 0.5) is 22.7 Å². The maximum atomic E-state index is 13.6. The predicted octanol–water partition coefficient (Wildman–Crippen LogP) is 14.3. The summed E-state index contributed by atoms with van der Waals surface area (Å²) in [6.45, 7) is 8.73. The molecule has 0 unspecified atom stereocenters. The fraction of sp³-hybridized carbons (Fsp3) is 0.107. The third-order valence-corrected chi connectivity index (χ3v) is 13.3. The lowest BCUT2D eigenvalue weighted by Crippen LogP contribution is -2.18. The topological polar surface area (TPSA) is 101 Å². The van der Waals surface area contributed by atoms with Crippen molar-refractivity contribution in [1.82, 2.24) is 0 Å². The highest BCUT2D eigenvalue weighted by molar-refractivity contribution is 7.91. The monoisotopic (exact) mass is 874 g/mol. The van der Waals surface area contributed by atoms with Gasteiger partial charge in [0.25, 0.3) is 0 Å². The summed E-state index contributed by atoms with van der Waals surface area (Å²) in [7, 11) is -3.79. The molecule has 0 heterocycles. The molecule has 0 saturated carbocycles. The Morgan fingerprint density at radius 2 is 0.662 bits per heavy atom. The lowest BCUT2D eigenvalue weighted by molar-refractivity contribution is 0.481. The van der Waals surface area contributed by atoms with E-state index in [9.17, 15) is 8.42 Å². The van der Waals surface area contributed by atoms with Crippen molar-refractivity contribution in [3.63, 3.8) is 0 Å². The number of anilines is 2. The van der Waals surface area contributed by atoms with E-state index in [1.165, 1.54) is 0 Å². The van der Waals surface area contributed by atoms with Crippen LogP contribution in [-0.2, 0) is 20.7 Å². The van der Waals surface area contributed by atoms with E-state index in [1.807, 2.05) is 109 Å². The number of hydrogen-bond donors (Lipinski definition) is 2. The quantitative estimate of drug-likeness (QED) is 0.0741. The second-order valence-corrected chi connectivity index (χ2v) is 18.5. The van der Waals surface area contributed by atoms with Gasteiger partial charge in [0.2, 0.25) is 9.84 Å². The van der Waals surface area contributed by atoms with E-state index in [-0.39, 0.29) is 20.6 Å². The molecule has 0 atom stereocenters. The molecule has 0 radical (unpaired) electrons. The van der Waals surface area contributed by atoms with Gasteiger partial charge in [-0.05, 0) is 144 Å². The molecule has 8 nitrogen and oxygen atoms in total. The fourth-order valence-corrected chi connectivity index (χ4v) is 8.62. The number of ether oxygens (including phenoxy) is 2. The van der Waals surface area contributed by atoms with Gasteiger partial charge in [-0.15, -0.1) is 0 Å². The molecule has 9 heteroatoms. The maximum Gasteiger partial charge on any atom is 0.206 e. The number of benzene rings is 8. The molecule has 0 spiro atoms. The summed E-state index contributed by atoms with van der Waals surface area (Å²) in [5.74, 6) is 2.35. The number of aliphatic imine (C=N–C) groups is 2. The van der Waals surface area contributed by atoms with Crippen LogP contribution in [0.5, 0.6) is 23.0 Å². The summed E-state index contributed by atoms with van der Waals surface area (Å²) in [5, 5.41) is 6.37. The summed E-state index contributed by atoms with van der Waals surface area (Å²) in [6.07, 6.45) is 3.40. The first kappa shape index (κ1) is 43.9. The highest BCUT2D eigenvalue weighted by atomic mass is 32.2. The Balaban J connectivity index is 0.836. The van der Waals surface area contributed by atoms with Crippen molar-refractivity contribution >= 4 is 45.3 Å². The summed E-state index contributed by atoms with van der Waals surface area (Å²) in [6, 6.07) is 65.1. The molecule has 0 saturated heterocycles. The van der Waals surface area contributed by atoms with Gasteiger partial charge in [0.1, 0.15) is 23.0 Å². The van der Waals surface area contributed by atoms with Gasteiger partial charge < -0.3 is 20.1 Å². The Kier molecular flexibility index (Phi) is 13.0. The van der Waals surface area contributed by atoms with E-state index in [0.717, 1.165) is 45.0 Å². The smallest absolute Gasteiger partial charge is 0.206 e. The third-order valence-electron chi connectivity index (χ3n) is 11.5. The molecule has 8 aromatic rings. The molecule has 8 aromatic carbocycles. The molecule has 0 aliphatic rings. The van der Waals surface area contributed by atoms with Crippen molar-refractivity contribution in [2.45, 2.75) is 48.3 Å². The zero-order valence-corrected chi connectivity index (χ0v) is 37.5. The lowest BCUT2D eigenvalue weighted by atomic mass is 9.78. The van der Waals surface area contributed by atoms with Gasteiger partial charge in [0.05, 0.1) is 33.8 Å². The second kappa shape index (κ2) is 19.3. The van der Waals surface area contributed by atoms with E-state index in [4.69, 9.17) is 9.47 Å². The second-order valence-electron chi connectivity index (χ2n) is 16.6. The number of hydrogen-bond acceptors (Lipinski definition) is 6. The van der Waals surface area contributed by atoms with Gasteiger partial charge in [-0.25, -0.2) is 18.4 Å². The first-order valence-electron chi connectivity index (χ1n) is 21.3. The minimum Gasteiger partial charge on any atom is -0.457 e. The van der Waals surface area contributed by atoms with Gasteiger partial charge in [-0.1, -0.05) is 113 Å². The van der Waals surface area contributed by atoms with Gasteiger partial charge in [0, 0.05) is 22.2 Å². The summed E-state index contributed by atoms with van der Waals surface area (Å²) in [5.41, 5.74) is 7.71. The molecule has 2 N–H and O–H groups in total. The molecule has 0 fully saturated rings. The van der Waals surface area contributed by atoms with Crippen LogP contribution in [0.25, 0.3) is 0 Å². The SMILES string of the molecule is CC(C)(c1ccc(N=CNc2ccccc2)cc1)c1ccc(Oc2ccc(S(=O)(=O)c3ccc(Oc4ccc(C(C)(C)c5ccc(N=CNc6ccccc6)cc5)cc4)cc3)cc2)cc1. The Morgan fingerprint density at radius 3 is 0.969 bits per heavy atom. The van der Waals surface area contributed by atoms with Crippen LogP contribution in [0.15, 0.2) is 226 Å². The maximum absolute atomic E-state index is 13.6. The average molecular weight is 875 g/mol. The number of sulfone groups is 1. The molecule has 0 amide bonds. The molecule has 65 heavy (non-hydrogen) atoms. The fourth-order valence-electron chi connectivity index (χ4n) is 7.35. The summed E-state index contributed by atoms with van der Waals surface area (Å²) in [4.78, 5) is 9.39. The molecular weight excluding hydrogens is 825 g/mol. The van der Waals surface area contributed by atoms with Crippen LogP contribution in [-0.4, -0.2) is 21.1 Å². The van der Waals surface area contributed by atoms with Crippen LogP contribution in [0, 0.1) is 0 Å². The Morgan fingerprint density at radius 1 is 0.385 bits per heavy atom. The highest BCUT2D eigenvalue weighted by Gasteiger charge is 2.25. The first-order chi connectivity index (χ1) is 31.4. The largest absolute Gasteiger partial charge is 0.457 e. The Bertz CT molecular complexity index is 2770. The van der Waals surface area contributed by atoms with Crippen molar-refractivity contribution < 1.29 is 17.9 Å². The van der Waals surface area contributed by atoms with Crippen molar-refractivity contribution in [2.75, 3.05) is 10.6 Å². The number of nitrogens with zero attached hydrogens (tertiary/aromatic N) is 2. The van der Waals surface area contributed by atoms with Crippen molar-refractivity contribution in [1.29, 1.82) is 0 Å². The van der Waals surface area contributed by atoms with Crippen molar-refractivity contribution in [3.8, 4) is 23.0 Å². The number of rotatable bonds is 16. The zero-order chi connectivity index (χ0) is 45.3. The van der Waals surface area contributed by atoms with E-state index in [0.29, 0.717) is 23.0 Å². The molecule has 0 aliphatic heterocycles. The van der Waals surface area contributed by atoms with Crippen LogP contribution >= 0.6 is 0 Å². The van der Waals surface area contributed by atoms with Crippen molar-refractivity contribution in [3.05, 3.63) is 229 Å². The predicted molar refractivity (Wildman–Crippen MR) is 265 cm³/mol. The van der Waals surface area contributed by atoms with E-state index >= 15 is 0 Å². The van der Waals surface area contributed by atoms with Crippen LogP contribution in [0.2, 0.25) is 0 Å². The lowest BCUT2D eigenvalue weighted by Gasteiger charge is -2.26. The number of para-hydroxylation sites is 2. The van der Waals surface area contributed by atoms with Gasteiger partial charge in [0.15, 0.2) is 0 Å². The minimum absolute atomic E-state index is 0.167. The molecule has 0 aliphatic carbocycles. The summed E-state index contributed by atoms with van der Waals surface area (Å²) < 4.78 is 39.5. The average Bonchev–Trinajstić information content (AvgIpc) is 3.33. The zero-order valence-electron chi connectivity index (χ0n) is 36.7. The van der Waals surface area contributed by atoms with E-state index in [1.54, 1.807) is 61.2 Å². The third kappa shape index (κ3) is 10.7. The minimum atomic E-state index is -3.79. The van der Waals surface area contributed by atoms with E-state index < -0.39 is 9.84 Å². The van der Waals surface area contributed by atoms with Crippen LogP contribution in [0.3, 0.4) is 0 Å². The summed E-state index contributed by atoms with van der Waals surface area (Å²) >= 11 is 0. The van der Waals surface area contributed by atoms with E-state index in [2.05, 4.69) is 96.8 Å². The standard InChI is InChI=1S/C56H50N4O4S/c1-55(2,41-15-23-47(24-16-41)59-39-57-45-11-7-5-8-12-45)43-19-27-49(28-20-43)63-51-31-35-53(36-32-51)65(61,62)54-37-33-52(34-38-54)64-50-29-21-44(22-30-50)56(3,4)42-17-25-48(26-18-42)60-40-58-46-13-9-6-10-14-46/h5-40H,1-4H3,(H,57,59)(H,58,60).